The number of Topliss-reactive ketones (excluding diaryl/α,β-unsaturated/α-hetero) is 1. The van der Waals surface area contributed by atoms with E-state index in [0.29, 0.717) is 23.3 Å². The van der Waals surface area contributed by atoms with E-state index < -0.39 is 22.1 Å². The molecule has 0 spiro atoms. The molecule has 0 saturated carbocycles. The van der Waals surface area contributed by atoms with E-state index in [0.717, 1.165) is 5.56 Å². The van der Waals surface area contributed by atoms with Crippen LogP contribution in [-0.2, 0) is 10.0 Å². The molecule has 0 aliphatic carbocycles. The van der Waals surface area contributed by atoms with E-state index in [9.17, 15) is 13.2 Å². The molecule has 2 aromatic carbocycles. The molecule has 0 saturated heterocycles. The largest absolute Gasteiger partial charge is 0.467 e. The minimum absolute atomic E-state index is 0.197. The van der Waals surface area contributed by atoms with Crippen LogP contribution in [0, 0.1) is 6.92 Å². The van der Waals surface area contributed by atoms with Crippen LogP contribution in [0.3, 0.4) is 0 Å². The number of hydrogen-bond acceptors (Lipinski definition) is 4. The number of hydrogen-bond donors (Lipinski definition) is 0. The normalized spacial score (nSPS) is 19.6. The first-order chi connectivity index (χ1) is 14.4. The van der Waals surface area contributed by atoms with Gasteiger partial charge in [-0.05, 0) is 37.6 Å². The number of furan rings is 1. The second-order valence-corrected chi connectivity index (χ2v) is 9.20. The number of nitrogens with zero attached hydrogens (tertiary/aromatic N) is 1. The first kappa shape index (κ1) is 20.3. The molecule has 0 amide bonds. The fourth-order valence-corrected chi connectivity index (χ4v) is 5.61. The molecule has 4 rings (SSSR count). The van der Waals surface area contributed by atoms with Crippen molar-refractivity contribution < 1.29 is 17.6 Å². The lowest BCUT2D eigenvalue weighted by molar-refractivity contribution is 0.102. The Morgan fingerprint density at radius 2 is 1.70 bits per heavy atom. The summed E-state index contributed by atoms with van der Waals surface area (Å²) in [7, 11) is -3.87. The van der Waals surface area contributed by atoms with Gasteiger partial charge >= 0.3 is 0 Å². The van der Waals surface area contributed by atoms with Crippen LogP contribution in [0.1, 0.15) is 41.1 Å². The third-order valence-corrected chi connectivity index (χ3v) is 7.28. The first-order valence-corrected chi connectivity index (χ1v) is 11.3. The van der Waals surface area contributed by atoms with Gasteiger partial charge in [-0.3, -0.25) is 4.79 Å². The lowest BCUT2D eigenvalue weighted by Gasteiger charge is -2.29. The van der Waals surface area contributed by atoms with Crippen molar-refractivity contribution >= 4 is 15.8 Å². The van der Waals surface area contributed by atoms with E-state index in [1.165, 1.54) is 10.6 Å². The fourth-order valence-electron chi connectivity index (χ4n) is 3.83. The maximum atomic E-state index is 13.7. The highest BCUT2D eigenvalue weighted by molar-refractivity contribution is 7.89. The second kappa shape index (κ2) is 8.05. The van der Waals surface area contributed by atoms with E-state index in [-0.39, 0.29) is 10.7 Å². The highest BCUT2D eigenvalue weighted by atomic mass is 32.2. The predicted octanol–water partition coefficient (Wildman–Crippen LogP) is 4.92. The minimum atomic E-state index is -3.87. The van der Waals surface area contributed by atoms with E-state index in [2.05, 4.69) is 0 Å². The van der Waals surface area contributed by atoms with Crippen molar-refractivity contribution in [3.8, 4) is 0 Å². The van der Waals surface area contributed by atoms with Gasteiger partial charge in [-0.1, -0.05) is 61.0 Å². The molecule has 30 heavy (non-hydrogen) atoms. The van der Waals surface area contributed by atoms with Gasteiger partial charge in [-0.2, -0.15) is 4.31 Å². The van der Waals surface area contributed by atoms with Gasteiger partial charge in [0.1, 0.15) is 11.8 Å². The van der Waals surface area contributed by atoms with Crippen LogP contribution in [0.25, 0.3) is 0 Å². The molecule has 0 fully saturated rings. The van der Waals surface area contributed by atoms with Crippen molar-refractivity contribution in [2.45, 2.75) is 37.2 Å². The fraction of sp³-hybridized carbons (Fsp3) is 0.208. The van der Waals surface area contributed by atoms with Crippen molar-refractivity contribution in [3.05, 3.63) is 102 Å². The second-order valence-electron chi connectivity index (χ2n) is 7.36. The number of benzene rings is 2. The Labute approximate surface area is 176 Å². The van der Waals surface area contributed by atoms with Crippen molar-refractivity contribution in [1.82, 2.24) is 4.31 Å². The Morgan fingerprint density at radius 1 is 1.00 bits per heavy atom. The molecular weight excluding hydrogens is 398 g/mol. The zero-order valence-electron chi connectivity index (χ0n) is 16.9. The molecule has 2 atom stereocenters. The molecule has 0 N–H and O–H groups in total. The molecular formula is C24H23NO4S. The molecule has 154 valence electrons. The summed E-state index contributed by atoms with van der Waals surface area (Å²) in [5.74, 6) is 0.231. The first-order valence-electron chi connectivity index (χ1n) is 9.88. The van der Waals surface area contributed by atoms with E-state index in [1.807, 2.05) is 19.9 Å². The highest BCUT2D eigenvalue weighted by Gasteiger charge is 2.46. The molecule has 1 aromatic heterocycles. The van der Waals surface area contributed by atoms with Crippen LogP contribution < -0.4 is 0 Å². The molecule has 0 unspecified atom stereocenters. The Morgan fingerprint density at radius 3 is 2.30 bits per heavy atom. The topological polar surface area (TPSA) is 67.6 Å². The quantitative estimate of drug-likeness (QED) is 0.530. The Balaban J connectivity index is 1.84. The van der Waals surface area contributed by atoms with Crippen molar-refractivity contribution in [2.24, 2.45) is 0 Å². The van der Waals surface area contributed by atoms with E-state index >= 15 is 0 Å². The zero-order valence-corrected chi connectivity index (χ0v) is 17.7. The van der Waals surface area contributed by atoms with Crippen LogP contribution in [0.4, 0.5) is 0 Å². The molecule has 0 bridgehead atoms. The molecule has 2 heterocycles. The molecule has 6 heteroatoms. The van der Waals surface area contributed by atoms with Crippen LogP contribution in [-0.4, -0.2) is 24.5 Å². The maximum absolute atomic E-state index is 13.7. The smallest absolute Gasteiger partial charge is 0.244 e. The monoisotopic (exact) mass is 421 g/mol. The lowest BCUT2D eigenvalue weighted by atomic mass is 9.97. The Bertz CT molecular complexity index is 1160. The average molecular weight is 422 g/mol. The third kappa shape index (κ3) is 3.53. The predicted molar refractivity (Wildman–Crippen MR) is 115 cm³/mol. The maximum Gasteiger partial charge on any atom is 0.244 e. The van der Waals surface area contributed by atoms with E-state index in [1.54, 1.807) is 66.7 Å². The third-order valence-electron chi connectivity index (χ3n) is 5.37. The van der Waals surface area contributed by atoms with Gasteiger partial charge in [0.25, 0.3) is 0 Å². The highest BCUT2D eigenvalue weighted by Crippen LogP contribution is 2.43. The summed E-state index contributed by atoms with van der Waals surface area (Å²) in [4.78, 5) is 13.5. The number of carbonyl (C=O) groups excluding carboxylic acids is 1. The summed E-state index contributed by atoms with van der Waals surface area (Å²) in [6.07, 6.45) is 3.80. The number of ketones is 1. The number of rotatable bonds is 6. The minimum Gasteiger partial charge on any atom is -0.467 e. The van der Waals surface area contributed by atoms with E-state index in [4.69, 9.17) is 4.42 Å². The molecule has 1 aliphatic rings. The average Bonchev–Trinajstić information content (AvgIpc) is 3.42. The van der Waals surface area contributed by atoms with Crippen molar-refractivity contribution in [3.63, 3.8) is 0 Å². The number of carbonyl (C=O) groups is 1. The number of sulfonamides is 1. The summed E-state index contributed by atoms with van der Waals surface area (Å²) in [6.45, 7) is 3.82. The van der Waals surface area contributed by atoms with Crippen LogP contribution in [0.5, 0.6) is 0 Å². The van der Waals surface area contributed by atoms with Crippen molar-refractivity contribution in [1.29, 1.82) is 0 Å². The van der Waals surface area contributed by atoms with Gasteiger partial charge < -0.3 is 4.42 Å². The standard InChI is InChI=1S/C24H23NO4S/c1-3-19-16-21(24(26)18-8-5-4-6-9-18)23(22-10-7-15-29-22)25(19)30(27,28)20-13-11-17(2)12-14-20/h4-16,19,23H,3H2,1-2H3/t19-,23-/m1/s1. The molecule has 5 nitrogen and oxygen atoms in total. The summed E-state index contributed by atoms with van der Waals surface area (Å²) >= 11 is 0. The van der Waals surface area contributed by atoms with Gasteiger partial charge in [0.2, 0.25) is 10.0 Å². The lowest BCUT2D eigenvalue weighted by Crippen LogP contribution is -2.38. The van der Waals surface area contributed by atoms with Gasteiger partial charge in [0, 0.05) is 17.2 Å². The Hall–Kier alpha value is -2.96. The molecule has 3 aromatic rings. The van der Waals surface area contributed by atoms with Crippen molar-refractivity contribution in [2.75, 3.05) is 0 Å². The molecule has 0 radical (unpaired) electrons. The van der Waals surface area contributed by atoms with Gasteiger partial charge in [0.15, 0.2) is 5.78 Å². The van der Waals surface area contributed by atoms with Gasteiger partial charge in [0.05, 0.1) is 11.2 Å². The summed E-state index contributed by atoms with van der Waals surface area (Å²) in [6, 6.07) is 17.8. The van der Waals surface area contributed by atoms with Gasteiger partial charge in [-0.15, -0.1) is 0 Å². The SMILES string of the molecule is CC[C@@H]1C=C(C(=O)c2ccccc2)[C@H](c2ccco2)N1S(=O)(=O)c1ccc(C)cc1. The van der Waals surface area contributed by atoms with Crippen LogP contribution in [0.2, 0.25) is 0 Å². The Kier molecular flexibility index (Phi) is 5.45. The zero-order chi connectivity index (χ0) is 21.3. The summed E-state index contributed by atoms with van der Waals surface area (Å²) in [5.41, 5.74) is 1.91. The molecule has 1 aliphatic heterocycles. The van der Waals surface area contributed by atoms with Gasteiger partial charge in [-0.25, -0.2) is 8.42 Å². The van der Waals surface area contributed by atoms with Crippen LogP contribution >= 0.6 is 0 Å². The summed E-state index contributed by atoms with van der Waals surface area (Å²) < 4.78 is 34.3. The van der Waals surface area contributed by atoms with Crippen LogP contribution in [0.15, 0.2) is 94.0 Å². The summed E-state index contributed by atoms with van der Waals surface area (Å²) in [5, 5.41) is 0. The number of aryl methyl sites for hydroxylation is 1.